The Morgan fingerprint density at radius 1 is 1.12 bits per heavy atom. The molecule has 7 rings (SSSR count). The number of H-pyrrole nitrogens is 1. The number of aliphatic hydroxyl groups is 2. The van der Waals surface area contributed by atoms with Gasteiger partial charge in [-0.15, -0.1) is 11.8 Å². The van der Waals surface area contributed by atoms with Crippen molar-refractivity contribution in [1.82, 2.24) is 20.6 Å². The van der Waals surface area contributed by atoms with Crippen LogP contribution < -0.4 is 10.6 Å². The number of allylic oxidation sites excluding steroid dienone is 2. The summed E-state index contributed by atoms with van der Waals surface area (Å²) in [4.78, 5) is 62.2. The van der Waals surface area contributed by atoms with Gasteiger partial charge in [0, 0.05) is 70.4 Å². The van der Waals surface area contributed by atoms with Crippen molar-refractivity contribution < 1.29 is 57.8 Å². The molecule has 4 heterocycles. The number of rotatable bonds is 13. The third-order valence-corrected chi connectivity index (χ3v) is 15.1. The van der Waals surface area contributed by atoms with Crippen LogP contribution in [-0.4, -0.2) is 148 Å². The number of aromatic amines is 1. The Morgan fingerprint density at radius 3 is 2.60 bits per heavy atom. The topological polar surface area (TPSA) is 217 Å². The van der Waals surface area contributed by atoms with Crippen LogP contribution in [0, 0.1) is 27.3 Å². The van der Waals surface area contributed by atoms with E-state index in [1.165, 1.54) is 19.1 Å². The molecule has 2 saturated heterocycles. The number of ether oxygens (including phenoxy) is 6. The van der Waals surface area contributed by atoms with Crippen LogP contribution in [0.25, 0.3) is 21.8 Å². The Morgan fingerprint density at radius 2 is 1.88 bits per heavy atom. The van der Waals surface area contributed by atoms with E-state index in [9.17, 15) is 24.6 Å². The highest BCUT2D eigenvalue weighted by Gasteiger charge is 2.61. The van der Waals surface area contributed by atoms with E-state index < -0.39 is 78.0 Å². The first-order valence-electron chi connectivity index (χ1n) is 21.6. The van der Waals surface area contributed by atoms with Gasteiger partial charge >= 0.3 is 6.09 Å². The summed E-state index contributed by atoms with van der Waals surface area (Å²) in [5.41, 5.74) is 1.75. The van der Waals surface area contributed by atoms with Crippen molar-refractivity contribution in [2.75, 3.05) is 32.8 Å². The Labute approximate surface area is 410 Å². The molecule has 1 aromatic carbocycles. The zero-order chi connectivity index (χ0) is 48.2. The first-order chi connectivity index (χ1) is 32.1. The molecule has 3 aromatic rings. The smallest absolute Gasteiger partial charge is 0.407 e. The van der Waals surface area contributed by atoms with Crippen LogP contribution in [0.3, 0.4) is 0 Å². The summed E-state index contributed by atoms with van der Waals surface area (Å²) in [6.45, 7) is 7.28. The zero-order valence-electron chi connectivity index (χ0n) is 37.9. The lowest BCUT2D eigenvalue weighted by atomic mass is 9.83. The maximum Gasteiger partial charge on any atom is 0.407 e. The third-order valence-electron chi connectivity index (χ3n) is 12.1. The highest BCUT2D eigenvalue weighted by atomic mass is 127. The number of Topliss-reactive ketones (excluding diaryl/α,β-unsaturated/α-hetero) is 2. The molecule has 2 aliphatic carbocycles. The van der Waals surface area contributed by atoms with Crippen LogP contribution >= 0.6 is 46.1 Å². The summed E-state index contributed by atoms with van der Waals surface area (Å²) in [6.07, 6.45) is -3.36. The fraction of sp³-hybridized carbons (Fsp3) is 0.479. The molecule has 4 aliphatic rings. The van der Waals surface area contributed by atoms with Gasteiger partial charge in [0.25, 0.3) is 0 Å². The molecule has 16 nitrogen and oxygen atoms in total. The summed E-state index contributed by atoms with van der Waals surface area (Å²) in [5.74, 6) is 10.8. The number of carbonyl (C=O) groups excluding carboxylic acids is 4. The second kappa shape index (κ2) is 22.1. The first-order valence-corrected chi connectivity index (χ1v) is 24.9. The van der Waals surface area contributed by atoms with E-state index in [2.05, 4.69) is 66.9 Å². The molecule has 0 radical (unpaired) electrons. The number of ketones is 2. The van der Waals surface area contributed by atoms with Crippen LogP contribution in [0.1, 0.15) is 51.0 Å². The normalized spacial score (nSPS) is 30.9. The number of nitrogens with one attached hydrogen (secondary N) is 3. The Hall–Kier alpha value is -4.10. The van der Waals surface area contributed by atoms with Gasteiger partial charge in [0.2, 0.25) is 5.78 Å². The van der Waals surface area contributed by atoms with Crippen molar-refractivity contribution in [2.45, 2.75) is 113 Å². The van der Waals surface area contributed by atoms with E-state index >= 15 is 4.79 Å². The molecule has 356 valence electrons. The van der Waals surface area contributed by atoms with Crippen molar-refractivity contribution in [3.8, 4) is 23.7 Å². The van der Waals surface area contributed by atoms with Gasteiger partial charge in [-0.05, 0) is 65.6 Å². The number of benzene rings is 1. The first kappa shape index (κ1) is 50.8. The van der Waals surface area contributed by atoms with Crippen LogP contribution in [0.4, 0.5) is 4.79 Å². The maximum absolute atomic E-state index is 15.4. The highest BCUT2D eigenvalue weighted by Crippen LogP contribution is 2.46. The van der Waals surface area contributed by atoms with Crippen molar-refractivity contribution in [1.29, 1.82) is 0 Å². The van der Waals surface area contributed by atoms with Gasteiger partial charge in [-0.25, -0.2) is 4.79 Å². The van der Waals surface area contributed by atoms with Crippen LogP contribution in [0.15, 0.2) is 65.4 Å². The number of nitrogens with zero attached hydrogens (tertiary/aromatic N) is 1. The van der Waals surface area contributed by atoms with Crippen LogP contribution in [0.5, 0.6) is 0 Å². The summed E-state index contributed by atoms with van der Waals surface area (Å²) in [5, 5.41) is 32.3. The molecule has 9 unspecified atom stereocenters. The quantitative estimate of drug-likeness (QED) is 0.0887. The number of fused-ring (bicyclic) bond motifs is 3. The lowest BCUT2D eigenvalue weighted by Crippen LogP contribution is -2.68. The molecule has 1 amide bonds. The van der Waals surface area contributed by atoms with Crippen molar-refractivity contribution in [3.05, 3.63) is 74.7 Å². The average molecular weight is 1070 g/mol. The number of pyridine rings is 1. The molecule has 5 N–H and O–H groups in total. The summed E-state index contributed by atoms with van der Waals surface area (Å²) < 4.78 is 36.7. The number of aliphatic hydroxyl groups excluding tert-OH is 2. The van der Waals surface area contributed by atoms with Gasteiger partial charge in [-0.2, -0.15) is 0 Å². The lowest BCUT2D eigenvalue weighted by Gasteiger charge is -2.51. The standard InChI is InChI=1S/C48H53IN4O12S2/c1-24(2)51-32-23-62-37(22-36(32)60-5)65-43-45(58)48(66-7,44(57)42-41-28(17-19-50-42)27-14-12-15-31(49)39(27)52-41)25(3)63-46(43)64-35-16-11-9-8-10-13-30-38(35)29(18-20-67-26(4)54)33(55)21-34(56)40(30)53-47(59)61-6/h8-9,12,14-15,17-19,24-25,32-33,35-37,40,43,45-46,51-52,55,58H,20-23H2,1-7H3,(H,53,59)/b9-8-,29-18-/t25?,32?,33-,35-,36?,37?,40?,43?,45?,46?,48?/m0/s1. The van der Waals surface area contributed by atoms with Gasteiger partial charge in [0.05, 0.1) is 49.1 Å². The minimum Gasteiger partial charge on any atom is -0.453 e. The number of hydrogen-bond acceptors (Lipinski definition) is 16. The average Bonchev–Trinajstić information content (AvgIpc) is 3.69. The van der Waals surface area contributed by atoms with E-state index in [1.54, 1.807) is 32.6 Å². The molecule has 0 spiro atoms. The molecule has 0 bridgehead atoms. The Kier molecular flexibility index (Phi) is 16.8. The second-order valence-electron chi connectivity index (χ2n) is 16.5. The van der Waals surface area contributed by atoms with Gasteiger partial charge in [0.15, 0.2) is 23.5 Å². The molecule has 19 heteroatoms. The minimum absolute atomic E-state index is 0.0433. The fourth-order valence-electron chi connectivity index (χ4n) is 8.95. The molecule has 67 heavy (non-hydrogen) atoms. The zero-order valence-corrected chi connectivity index (χ0v) is 41.7. The number of amides is 1. The number of para-hydroxylation sites is 1. The Bertz CT molecular complexity index is 2630. The minimum atomic E-state index is -1.76. The van der Waals surface area contributed by atoms with Crippen LogP contribution in [0.2, 0.25) is 0 Å². The third kappa shape index (κ3) is 10.6. The lowest BCUT2D eigenvalue weighted by molar-refractivity contribution is -0.322. The number of halogens is 1. The van der Waals surface area contributed by atoms with Gasteiger partial charge < -0.3 is 54.3 Å². The van der Waals surface area contributed by atoms with E-state index in [4.69, 9.17) is 28.4 Å². The van der Waals surface area contributed by atoms with E-state index in [1.807, 2.05) is 38.1 Å². The van der Waals surface area contributed by atoms with Crippen molar-refractivity contribution >= 4 is 90.7 Å². The largest absolute Gasteiger partial charge is 0.453 e. The number of thioether (sulfide) groups is 2. The van der Waals surface area contributed by atoms with E-state index in [0.717, 1.165) is 50.5 Å². The summed E-state index contributed by atoms with van der Waals surface area (Å²) >= 11 is 4.30. The second-order valence-corrected chi connectivity index (χ2v) is 20.0. The SMILES string of the molecule is COC(=O)NC1C(=O)C[C@H](O)/C(=C/CSC(C)=O)C2=C1C#C/C=C\C#C[C@@H]2OC1OC(C)C(SC)(C(=O)c2nccc3c2[nH]c2c(I)cccc23)C(O)C1OC1CC(OC)C(NC(C)C)CO1. The van der Waals surface area contributed by atoms with Gasteiger partial charge in [-0.3, -0.25) is 19.4 Å². The molecular formula is C48H53IN4O12S2. The summed E-state index contributed by atoms with van der Waals surface area (Å²) in [7, 11) is 2.74. The molecule has 2 aliphatic heterocycles. The number of aromatic nitrogens is 2. The number of alkyl carbamates (subject to hydrolysis) is 1. The van der Waals surface area contributed by atoms with Crippen LogP contribution in [-0.2, 0) is 38.0 Å². The predicted molar refractivity (Wildman–Crippen MR) is 262 cm³/mol. The molecule has 11 atom stereocenters. The summed E-state index contributed by atoms with van der Waals surface area (Å²) in [6, 6.07) is 6.21. The van der Waals surface area contributed by atoms with E-state index in [-0.39, 0.29) is 64.5 Å². The maximum atomic E-state index is 15.4. The number of carbonyl (C=O) groups is 4. The molecule has 2 fully saturated rings. The number of hydrogen-bond donors (Lipinski definition) is 5. The Balaban J connectivity index is 1.36. The predicted octanol–water partition coefficient (Wildman–Crippen LogP) is 4.75. The number of methoxy groups -OCH3 is 2. The van der Waals surface area contributed by atoms with Gasteiger partial charge in [0.1, 0.15) is 34.8 Å². The van der Waals surface area contributed by atoms with E-state index in [0.29, 0.717) is 5.52 Å². The highest BCUT2D eigenvalue weighted by molar-refractivity contribution is 14.1. The fourth-order valence-corrected chi connectivity index (χ4v) is 11.1. The molecule has 0 saturated carbocycles. The molecular weight excluding hydrogens is 1020 g/mol. The molecule has 2 aromatic heterocycles. The van der Waals surface area contributed by atoms with Crippen molar-refractivity contribution in [2.24, 2.45) is 0 Å². The van der Waals surface area contributed by atoms with Gasteiger partial charge in [-0.1, -0.05) is 67.5 Å². The monoisotopic (exact) mass is 1070 g/mol. The van der Waals surface area contributed by atoms with Crippen molar-refractivity contribution in [3.63, 3.8) is 0 Å².